The number of morpholine rings is 1. The first-order chi connectivity index (χ1) is 7.25. The van der Waals surface area contributed by atoms with E-state index in [1.54, 1.807) is 0 Å². The zero-order valence-corrected chi connectivity index (χ0v) is 8.96. The Hall–Kier alpha value is -1.06. The van der Waals surface area contributed by atoms with E-state index < -0.39 is 0 Å². The molecule has 2 rings (SSSR count). The lowest BCUT2D eigenvalue weighted by molar-refractivity contribution is -0.133. The molecular weight excluding hydrogens is 214 g/mol. The van der Waals surface area contributed by atoms with E-state index in [4.69, 9.17) is 16.3 Å². The lowest BCUT2D eigenvalue weighted by Gasteiger charge is -2.23. The maximum Gasteiger partial charge on any atom is 0.246 e. The van der Waals surface area contributed by atoms with Crippen molar-refractivity contribution in [3.05, 3.63) is 34.9 Å². The Morgan fingerprint density at radius 3 is 2.93 bits per heavy atom. The molecule has 1 heterocycles. The highest BCUT2D eigenvalue weighted by molar-refractivity contribution is 6.31. The van der Waals surface area contributed by atoms with Crippen LogP contribution in [0.1, 0.15) is 5.56 Å². The van der Waals surface area contributed by atoms with Crippen LogP contribution in [0.2, 0.25) is 5.02 Å². The third-order valence-corrected chi connectivity index (χ3v) is 2.75. The molecule has 4 heteroatoms. The van der Waals surface area contributed by atoms with Crippen molar-refractivity contribution < 1.29 is 9.53 Å². The molecule has 1 aromatic rings. The molecule has 1 unspecified atom stereocenters. The van der Waals surface area contributed by atoms with Crippen LogP contribution in [-0.4, -0.2) is 25.2 Å². The number of carbonyl (C=O) groups excluding carboxylic acids is 1. The van der Waals surface area contributed by atoms with Crippen LogP contribution in [-0.2, 0) is 16.0 Å². The lowest BCUT2D eigenvalue weighted by atomic mass is 10.1. The highest BCUT2D eigenvalue weighted by Gasteiger charge is 2.19. The summed E-state index contributed by atoms with van der Waals surface area (Å²) in [5.74, 6) is -0.0505. The van der Waals surface area contributed by atoms with Gasteiger partial charge in [-0.2, -0.15) is 0 Å². The number of hydrogen-bond donors (Lipinski definition) is 1. The van der Waals surface area contributed by atoms with Crippen molar-refractivity contribution in [1.29, 1.82) is 0 Å². The van der Waals surface area contributed by atoms with Crippen LogP contribution in [0.25, 0.3) is 0 Å². The van der Waals surface area contributed by atoms with Gasteiger partial charge in [0.2, 0.25) is 5.91 Å². The fraction of sp³-hybridized carbons (Fsp3) is 0.364. The van der Waals surface area contributed by atoms with Crippen LogP contribution < -0.4 is 5.32 Å². The predicted molar refractivity (Wildman–Crippen MR) is 57.9 cm³/mol. The van der Waals surface area contributed by atoms with Crippen LogP contribution >= 0.6 is 11.6 Å². The van der Waals surface area contributed by atoms with Gasteiger partial charge in [-0.1, -0.05) is 29.8 Å². The number of benzene rings is 1. The summed E-state index contributed by atoms with van der Waals surface area (Å²) in [6.07, 6.45) is 0.766. The normalized spacial score (nSPS) is 21.1. The van der Waals surface area contributed by atoms with Crippen molar-refractivity contribution in [2.75, 3.05) is 13.2 Å². The van der Waals surface area contributed by atoms with E-state index in [1.165, 1.54) is 0 Å². The maximum atomic E-state index is 10.9. The quantitative estimate of drug-likeness (QED) is 0.826. The maximum absolute atomic E-state index is 10.9. The molecule has 1 N–H and O–H groups in total. The van der Waals surface area contributed by atoms with Crippen molar-refractivity contribution in [3.63, 3.8) is 0 Å². The summed E-state index contributed by atoms with van der Waals surface area (Å²) in [7, 11) is 0. The summed E-state index contributed by atoms with van der Waals surface area (Å²) in [6, 6.07) is 7.68. The van der Waals surface area contributed by atoms with Gasteiger partial charge in [0.25, 0.3) is 0 Å². The number of rotatable bonds is 2. The Morgan fingerprint density at radius 2 is 2.27 bits per heavy atom. The fourth-order valence-electron chi connectivity index (χ4n) is 1.57. The molecule has 1 aromatic carbocycles. The SMILES string of the molecule is O=C1COC(Cc2ccccc2Cl)CN1. The molecule has 1 fully saturated rings. The highest BCUT2D eigenvalue weighted by atomic mass is 35.5. The van der Waals surface area contributed by atoms with E-state index in [2.05, 4.69) is 5.32 Å². The van der Waals surface area contributed by atoms with E-state index in [0.717, 1.165) is 17.0 Å². The Bertz CT molecular complexity index is 357. The summed E-state index contributed by atoms with van der Waals surface area (Å²) in [5, 5.41) is 3.51. The third kappa shape index (κ3) is 2.70. The smallest absolute Gasteiger partial charge is 0.246 e. The van der Waals surface area contributed by atoms with Gasteiger partial charge < -0.3 is 10.1 Å². The molecular formula is C11H12ClNO2. The van der Waals surface area contributed by atoms with Crippen LogP contribution in [0.4, 0.5) is 0 Å². The molecule has 0 saturated carbocycles. The molecule has 0 aromatic heterocycles. The second-order valence-corrected chi connectivity index (χ2v) is 3.94. The van der Waals surface area contributed by atoms with Crippen molar-refractivity contribution in [1.82, 2.24) is 5.32 Å². The monoisotopic (exact) mass is 225 g/mol. The van der Waals surface area contributed by atoms with Crippen LogP contribution in [0, 0.1) is 0 Å². The van der Waals surface area contributed by atoms with Crippen LogP contribution in [0.5, 0.6) is 0 Å². The Balaban J connectivity index is 1.97. The minimum absolute atomic E-state index is 0.0302. The molecule has 15 heavy (non-hydrogen) atoms. The summed E-state index contributed by atoms with van der Waals surface area (Å²) in [4.78, 5) is 10.9. The highest BCUT2D eigenvalue weighted by Crippen LogP contribution is 2.17. The zero-order valence-electron chi connectivity index (χ0n) is 8.20. The number of ether oxygens (including phenoxy) is 1. The minimum atomic E-state index is -0.0505. The van der Waals surface area contributed by atoms with E-state index >= 15 is 0 Å². The number of amides is 1. The predicted octanol–water partition coefficient (Wildman–Crippen LogP) is 1.40. The Morgan fingerprint density at radius 1 is 1.47 bits per heavy atom. The van der Waals surface area contributed by atoms with Gasteiger partial charge in [-0.15, -0.1) is 0 Å². The Kier molecular flexibility index (Phi) is 3.23. The molecule has 1 amide bonds. The first-order valence-corrected chi connectivity index (χ1v) is 5.25. The molecule has 1 atom stereocenters. The first kappa shape index (κ1) is 10.5. The molecule has 0 radical (unpaired) electrons. The first-order valence-electron chi connectivity index (χ1n) is 4.87. The lowest BCUT2D eigenvalue weighted by Crippen LogP contribution is -2.43. The van der Waals surface area contributed by atoms with E-state index in [0.29, 0.717) is 6.54 Å². The van der Waals surface area contributed by atoms with Gasteiger partial charge in [0.1, 0.15) is 6.61 Å². The molecule has 1 saturated heterocycles. The van der Waals surface area contributed by atoms with Gasteiger partial charge in [0, 0.05) is 18.0 Å². The number of nitrogens with one attached hydrogen (secondary N) is 1. The van der Waals surface area contributed by atoms with E-state index in [9.17, 15) is 4.79 Å². The summed E-state index contributed by atoms with van der Waals surface area (Å²) in [5.41, 5.74) is 1.06. The van der Waals surface area contributed by atoms with Crippen molar-refractivity contribution in [2.24, 2.45) is 0 Å². The zero-order chi connectivity index (χ0) is 10.7. The summed E-state index contributed by atoms with van der Waals surface area (Å²) >= 11 is 6.03. The average molecular weight is 226 g/mol. The fourth-order valence-corrected chi connectivity index (χ4v) is 1.78. The van der Waals surface area contributed by atoms with Gasteiger partial charge >= 0.3 is 0 Å². The second-order valence-electron chi connectivity index (χ2n) is 3.53. The van der Waals surface area contributed by atoms with Crippen molar-refractivity contribution in [2.45, 2.75) is 12.5 Å². The molecule has 3 nitrogen and oxygen atoms in total. The number of halogens is 1. The minimum Gasteiger partial charge on any atom is -0.366 e. The van der Waals surface area contributed by atoms with Gasteiger partial charge in [-0.05, 0) is 11.6 Å². The topological polar surface area (TPSA) is 38.3 Å². The van der Waals surface area contributed by atoms with E-state index in [1.807, 2.05) is 24.3 Å². The summed E-state index contributed by atoms with van der Waals surface area (Å²) < 4.78 is 5.38. The summed E-state index contributed by atoms with van der Waals surface area (Å²) in [6.45, 7) is 0.708. The Labute approximate surface area is 93.4 Å². The number of carbonyl (C=O) groups is 1. The molecule has 80 valence electrons. The van der Waals surface area contributed by atoms with Gasteiger partial charge in [-0.3, -0.25) is 4.79 Å². The third-order valence-electron chi connectivity index (χ3n) is 2.38. The molecule has 0 aliphatic carbocycles. The van der Waals surface area contributed by atoms with Crippen LogP contribution in [0.15, 0.2) is 24.3 Å². The van der Waals surface area contributed by atoms with Gasteiger partial charge in [0.05, 0.1) is 6.10 Å². The standard InChI is InChI=1S/C11H12ClNO2/c12-10-4-2-1-3-8(10)5-9-6-13-11(14)7-15-9/h1-4,9H,5-7H2,(H,13,14). The largest absolute Gasteiger partial charge is 0.366 e. The molecule has 1 aliphatic heterocycles. The van der Waals surface area contributed by atoms with E-state index in [-0.39, 0.29) is 18.6 Å². The molecule has 0 spiro atoms. The average Bonchev–Trinajstić information content (AvgIpc) is 2.25. The molecule has 1 aliphatic rings. The van der Waals surface area contributed by atoms with Crippen molar-refractivity contribution in [3.8, 4) is 0 Å². The number of hydrogen-bond acceptors (Lipinski definition) is 2. The van der Waals surface area contributed by atoms with Gasteiger partial charge in [0.15, 0.2) is 0 Å². The van der Waals surface area contributed by atoms with Gasteiger partial charge in [-0.25, -0.2) is 0 Å². The molecule has 0 bridgehead atoms. The van der Waals surface area contributed by atoms with Crippen LogP contribution in [0.3, 0.4) is 0 Å². The second kappa shape index (κ2) is 4.64. The van der Waals surface area contributed by atoms with Crippen molar-refractivity contribution >= 4 is 17.5 Å².